The SMILES string of the molecule is CCN(CCNC(C)C)c1ccnc(C)c1. The highest BCUT2D eigenvalue weighted by atomic mass is 15.1. The Morgan fingerprint density at radius 3 is 2.75 bits per heavy atom. The van der Waals surface area contributed by atoms with E-state index >= 15 is 0 Å². The molecule has 3 heteroatoms. The number of anilines is 1. The molecule has 0 saturated carbocycles. The van der Waals surface area contributed by atoms with E-state index in [0.29, 0.717) is 6.04 Å². The van der Waals surface area contributed by atoms with E-state index < -0.39 is 0 Å². The first-order chi connectivity index (χ1) is 7.63. The zero-order valence-corrected chi connectivity index (χ0v) is 10.8. The summed E-state index contributed by atoms with van der Waals surface area (Å²) in [5.74, 6) is 0. The number of nitrogens with one attached hydrogen (secondary N) is 1. The summed E-state index contributed by atoms with van der Waals surface area (Å²) in [7, 11) is 0. The number of likely N-dealkylation sites (N-methyl/N-ethyl adjacent to an activating group) is 1. The van der Waals surface area contributed by atoms with Crippen LogP contribution in [0.15, 0.2) is 18.3 Å². The lowest BCUT2D eigenvalue weighted by Gasteiger charge is -2.24. The first kappa shape index (κ1) is 13.0. The van der Waals surface area contributed by atoms with Crippen LogP contribution in [-0.2, 0) is 0 Å². The van der Waals surface area contributed by atoms with Crippen LogP contribution in [0, 0.1) is 6.92 Å². The van der Waals surface area contributed by atoms with Crippen molar-refractivity contribution in [2.75, 3.05) is 24.5 Å². The monoisotopic (exact) mass is 221 g/mol. The first-order valence-corrected chi connectivity index (χ1v) is 6.04. The lowest BCUT2D eigenvalue weighted by molar-refractivity contribution is 0.583. The Balaban J connectivity index is 2.53. The topological polar surface area (TPSA) is 28.2 Å². The Hall–Kier alpha value is -1.09. The molecule has 0 amide bonds. The molecule has 0 fully saturated rings. The average Bonchev–Trinajstić information content (AvgIpc) is 2.24. The van der Waals surface area contributed by atoms with Crippen molar-refractivity contribution in [3.63, 3.8) is 0 Å². The van der Waals surface area contributed by atoms with Crippen molar-refractivity contribution >= 4 is 5.69 Å². The molecule has 1 heterocycles. The van der Waals surface area contributed by atoms with Gasteiger partial charge in [-0.05, 0) is 26.0 Å². The molecule has 0 aromatic carbocycles. The molecule has 3 nitrogen and oxygen atoms in total. The van der Waals surface area contributed by atoms with E-state index in [1.807, 2.05) is 13.1 Å². The molecule has 1 aromatic heterocycles. The molecular weight excluding hydrogens is 198 g/mol. The summed E-state index contributed by atoms with van der Waals surface area (Å²) in [6.07, 6.45) is 1.88. The van der Waals surface area contributed by atoms with Crippen LogP contribution in [0.5, 0.6) is 0 Å². The van der Waals surface area contributed by atoms with Gasteiger partial charge in [0.05, 0.1) is 0 Å². The van der Waals surface area contributed by atoms with Crippen molar-refractivity contribution < 1.29 is 0 Å². The van der Waals surface area contributed by atoms with Gasteiger partial charge in [0.2, 0.25) is 0 Å². The first-order valence-electron chi connectivity index (χ1n) is 6.04. The van der Waals surface area contributed by atoms with Crippen LogP contribution in [0.3, 0.4) is 0 Å². The summed E-state index contributed by atoms with van der Waals surface area (Å²) in [6.45, 7) is 11.7. The van der Waals surface area contributed by atoms with Crippen molar-refractivity contribution in [2.45, 2.75) is 33.7 Å². The highest BCUT2D eigenvalue weighted by Crippen LogP contribution is 2.13. The van der Waals surface area contributed by atoms with Gasteiger partial charge >= 0.3 is 0 Å². The van der Waals surface area contributed by atoms with Gasteiger partial charge in [0.25, 0.3) is 0 Å². The number of hydrogen-bond acceptors (Lipinski definition) is 3. The molecule has 0 unspecified atom stereocenters. The highest BCUT2D eigenvalue weighted by Gasteiger charge is 2.04. The second-order valence-corrected chi connectivity index (χ2v) is 4.34. The van der Waals surface area contributed by atoms with E-state index in [4.69, 9.17) is 0 Å². The Labute approximate surface area is 98.9 Å². The molecule has 0 atom stereocenters. The zero-order valence-electron chi connectivity index (χ0n) is 10.8. The van der Waals surface area contributed by atoms with E-state index in [1.165, 1.54) is 5.69 Å². The van der Waals surface area contributed by atoms with Crippen LogP contribution >= 0.6 is 0 Å². The molecule has 0 bridgehead atoms. The molecule has 1 aromatic rings. The van der Waals surface area contributed by atoms with Gasteiger partial charge in [-0.25, -0.2) is 0 Å². The predicted octanol–water partition coefficient (Wildman–Crippen LogP) is 2.21. The normalized spacial score (nSPS) is 10.8. The highest BCUT2D eigenvalue weighted by molar-refractivity contribution is 5.46. The summed E-state index contributed by atoms with van der Waals surface area (Å²) in [6, 6.07) is 4.77. The quantitative estimate of drug-likeness (QED) is 0.798. The number of pyridine rings is 1. The van der Waals surface area contributed by atoms with E-state index in [0.717, 1.165) is 25.3 Å². The van der Waals surface area contributed by atoms with Crippen LogP contribution in [0.2, 0.25) is 0 Å². The fraction of sp³-hybridized carbons (Fsp3) is 0.615. The maximum absolute atomic E-state index is 4.22. The Morgan fingerprint density at radius 1 is 1.44 bits per heavy atom. The van der Waals surface area contributed by atoms with Gasteiger partial charge in [0, 0.05) is 43.3 Å². The van der Waals surface area contributed by atoms with Crippen LogP contribution in [-0.4, -0.2) is 30.7 Å². The van der Waals surface area contributed by atoms with Crippen LogP contribution in [0.25, 0.3) is 0 Å². The molecule has 0 aliphatic heterocycles. The molecule has 0 aliphatic rings. The Morgan fingerprint density at radius 2 is 2.19 bits per heavy atom. The third kappa shape index (κ3) is 4.19. The lowest BCUT2D eigenvalue weighted by atomic mass is 10.3. The van der Waals surface area contributed by atoms with Crippen molar-refractivity contribution in [2.24, 2.45) is 0 Å². The average molecular weight is 221 g/mol. The van der Waals surface area contributed by atoms with E-state index in [9.17, 15) is 0 Å². The molecule has 0 radical (unpaired) electrons. The molecular formula is C13H23N3. The number of aromatic nitrogens is 1. The zero-order chi connectivity index (χ0) is 12.0. The summed E-state index contributed by atoms with van der Waals surface area (Å²) in [4.78, 5) is 6.59. The Kier molecular flexibility index (Phi) is 5.26. The van der Waals surface area contributed by atoms with Crippen molar-refractivity contribution in [3.8, 4) is 0 Å². The minimum Gasteiger partial charge on any atom is -0.370 e. The molecule has 0 spiro atoms. The van der Waals surface area contributed by atoms with E-state index in [1.54, 1.807) is 0 Å². The van der Waals surface area contributed by atoms with Crippen molar-refractivity contribution in [1.29, 1.82) is 0 Å². The molecule has 90 valence electrons. The Bertz CT molecular complexity index is 310. The summed E-state index contributed by atoms with van der Waals surface area (Å²) in [5.41, 5.74) is 2.34. The van der Waals surface area contributed by atoms with Gasteiger partial charge in [-0.2, -0.15) is 0 Å². The number of rotatable bonds is 6. The largest absolute Gasteiger partial charge is 0.370 e. The summed E-state index contributed by atoms with van der Waals surface area (Å²) >= 11 is 0. The molecule has 1 rings (SSSR count). The summed E-state index contributed by atoms with van der Waals surface area (Å²) < 4.78 is 0. The smallest absolute Gasteiger partial charge is 0.0400 e. The number of hydrogen-bond donors (Lipinski definition) is 1. The van der Waals surface area contributed by atoms with Crippen LogP contribution in [0.4, 0.5) is 5.69 Å². The van der Waals surface area contributed by atoms with E-state index in [2.05, 4.69) is 48.1 Å². The lowest BCUT2D eigenvalue weighted by Crippen LogP contribution is -2.34. The van der Waals surface area contributed by atoms with E-state index in [-0.39, 0.29) is 0 Å². The maximum atomic E-state index is 4.22. The van der Waals surface area contributed by atoms with Crippen molar-refractivity contribution in [3.05, 3.63) is 24.0 Å². The van der Waals surface area contributed by atoms with Crippen molar-refractivity contribution in [1.82, 2.24) is 10.3 Å². The fourth-order valence-corrected chi connectivity index (χ4v) is 1.69. The standard InChI is InChI=1S/C13H23N3/c1-5-16(9-8-14-11(2)3)13-6-7-15-12(4)10-13/h6-7,10-11,14H,5,8-9H2,1-4H3. The minimum absolute atomic E-state index is 0.554. The van der Waals surface area contributed by atoms with Gasteiger partial charge in [-0.1, -0.05) is 13.8 Å². The van der Waals surface area contributed by atoms with Crippen LogP contribution in [0.1, 0.15) is 26.5 Å². The maximum Gasteiger partial charge on any atom is 0.0400 e. The molecule has 1 N–H and O–H groups in total. The number of nitrogens with zero attached hydrogens (tertiary/aromatic N) is 2. The van der Waals surface area contributed by atoms with Gasteiger partial charge in [-0.3, -0.25) is 4.98 Å². The molecule has 0 saturated heterocycles. The second kappa shape index (κ2) is 6.48. The molecule has 0 aliphatic carbocycles. The van der Waals surface area contributed by atoms with Gasteiger partial charge in [-0.15, -0.1) is 0 Å². The second-order valence-electron chi connectivity index (χ2n) is 4.34. The van der Waals surface area contributed by atoms with Gasteiger partial charge in [0.15, 0.2) is 0 Å². The third-order valence-corrected chi connectivity index (χ3v) is 2.56. The third-order valence-electron chi connectivity index (χ3n) is 2.56. The minimum atomic E-state index is 0.554. The van der Waals surface area contributed by atoms with Gasteiger partial charge in [0.1, 0.15) is 0 Å². The van der Waals surface area contributed by atoms with Gasteiger partial charge < -0.3 is 10.2 Å². The predicted molar refractivity (Wildman–Crippen MR) is 70.0 cm³/mol. The fourth-order valence-electron chi connectivity index (χ4n) is 1.69. The summed E-state index contributed by atoms with van der Waals surface area (Å²) in [5, 5.41) is 3.44. The van der Waals surface area contributed by atoms with Crippen LogP contribution < -0.4 is 10.2 Å². The number of aryl methyl sites for hydroxylation is 1. The molecule has 16 heavy (non-hydrogen) atoms.